The predicted octanol–water partition coefficient (Wildman–Crippen LogP) is 1.90. The van der Waals surface area contributed by atoms with Gasteiger partial charge >= 0.3 is 0 Å². The Kier molecular flexibility index (Phi) is 1.62. The van der Waals surface area contributed by atoms with Gasteiger partial charge in [0.2, 0.25) is 0 Å². The van der Waals surface area contributed by atoms with Crippen molar-refractivity contribution in [2.24, 2.45) is 0 Å². The number of aromatic amines is 1. The average Bonchev–Trinajstić information content (AvgIpc) is 2.46. The summed E-state index contributed by atoms with van der Waals surface area (Å²) in [6.07, 6.45) is 0. The first kappa shape index (κ1) is 7.91. The molecule has 1 N–H and O–H groups in total. The van der Waals surface area contributed by atoms with Crippen LogP contribution in [-0.2, 0) is 0 Å². The fourth-order valence-corrected chi connectivity index (χ4v) is 1.26. The highest BCUT2D eigenvalue weighted by atomic mass is 19.1. The lowest BCUT2D eigenvalue weighted by atomic mass is 10.2. The van der Waals surface area contributed by atoms with Crippen molar-refractivity contribution in [1.82, 2.24) is 10.2 Å². The number of Topliss-reactive ketones (excluding diaryl/α,β-unsaturated/α-hetero) is 1. The van der Waals surface area contributed by atoms with Crippen LogP contribution in [0.1, 0.15) is 17.4 Å². The molecule has 0 aliphatic rings. The molecule has 0 saturated carbocycles. The van der Waals surface area contributed by atoms with E-state index in [1.807, 2.05) is 0 Å². The quantitative estimate of drug-likeness (QED) is 0.678. The van der Waals surface area contributed by atoms with Crippen molar-refractivity contribution in [1.29, 1.82) is 0 Å². The second-order valence-electron chi connectivity index (χ2n) is 2.82. The summed E-state index contributed by atoms with van der Waals surface area (Å²) in [7, 11) is 0. The van der Waals surface area contributed by atoms with E-state index in [2.05, 4.69) is 10.2 Å². The van der Waals surface area contributed by atoms with Gasteiger partial charge in [-0.3, -0.25) is 9.89 Å². The van der Waals surface area contributed by atoms with Gasteiger partial charge in [-0.15, -0.1) is 0 Å². The van der Waals surface area contributed by atoms with Crippen LogP contribution in [0.15, 0.2) is 18.2 Å². The van der Waals surface area contributed by atoms with Crippen molar-refractivity contribution in [3.8, 4) is 0 Å². The third-order valence-corrected chi connectivity index (χ3v) is 1.86. The van der Waals surface area contributed by atoms with Crippen LogP contribution in [0.25, 0.3) is 10.9 Å². The molecule has 2 rings (SSSR count). The van der Waals surface area contributed by atoms with Crippen LogP contribution in [0.2, 0.25) is 0 Å². The summed E-state index contributed by atoms with van der Waals surface area (Å²) in [6.45, 7) is 1.43. The first-order valence-corrected chi connectivity index (χ1v) is 3.83. The number of H-pyrrole nitrogens is 1. The van der Waals surface area contributed by atoms with Crippen molar-refractivity contribution in [3.05, 3.63) is 29.7 Å². The summed E-state index contributed by atoms with van der Waals surface area (Å²) in [5.41, 5.74) is 0.903. The van der Waals surface area contributed by atoms with E-state index in [-0.39, 0.29) is 11.6 Å². The van der Waals surface area contributed by atoms with Crippen LogP contribution in [0.4, 0.5) is 4.39 Å². The summed E-state index contributed by atoms with van der Waals surface area (Å²) in [6, 6.07) is 4.17. The Labute approximate surface area is 73.6 Å². The van der Waals surface area contributed by atoms with Gasteiger partial charge in [0.05, 0.1) is 5.52 Å². The molecule has 1 heterocycles. The molecule has 0 saturated heterocycles. The van der Waals surface area contributed by atoms with Gasteiger partial charge in [0.25, 0.3) is 0 Å². The minimum atomic E-state index is -0.341. The van der Waals surface area contributed by atoms with Crippen molar-refractivity contribution < 1.29 is 9.18 Å². The summed E-state index contributed by atoms with van der Waals surface area (Å²) in [5, 5.41) is 7.06. The zero-order valence-corrected chi connectivity index (χ0v) is 6.97. The van der Waals surface area contributed by atoms with Gasteiger partial charge in [0.15, 0.2) is 5.78 Å². The Morgan fingerprint density at radius 1 is 1.54 bits per heavy atom. The van der Waals surface area contributed by atoms with Crippen molar-refractivity contribution in [3.63, 3.8) is 0 Å². The molecule has 13 heavy (non-hydrogen) atoms. The molecule has 0 aliphatic heterocycles. The van der Waals surface area contributed by atoms with Gasteiger partial charge in [-0.25, -0.2) is 4.39 Å². The van der Waals surface area contributed by atoms with Crippen LogP contribution < -0.4 is 0 Å². The third-order valence-electron chi connectivity index (χ3n) is 1.86. The minimum Gasteiger partial charge on any atom is -0.293 e. The number of halogens is 1. The Hall–Kier alpha value is -1.71. The van der Waals surface area contributed by atoms with E-state index >= 15 is 0 Å². The molecule has 0 aliphatic carbocycles. The molecule has 1 aromatic heterocycles. The van der Waals surface area contributed by atoms with Crippen LogP contribution in [0.5, 0.6) is 0 Å². The fourth-order valence-electron chi connectivity index (χ4n) is 1.26. The number of hydrogen-bond acceptors (Lipinski definition) is 2. The zero-order valence-electron chi connectivity index (χ0n) is 6.97. The van der Waals surface area contributed by atoms with Gasteiger partial charge in [-0.1, -0.05) is 0 Å². The highest BCUT2D eigenvalue weighted by molar-refractivity contribution is 6.04. The number of hydrogen-bond donors (Lipinski definition) is 1. The summed E-state index contributed by atoms with van der Waals surface area (Å²) < 4.78 is 12.7. The predicted molar refractivity (Wildman–Crippen MR) is 46.1 cm³/mol. The molecule has 0 radical (unpaired) electrons. The highest BCUT2D eigenvalue weighted by Gasteiger charge is 2.09. The van der Waals surface area contributed by atoms with E-state index in [0.29, 0.717) is 16.6 Å². The van der Waals surface area contributed by atoms with E-state index in [0.717, 1.165) is 0 Å². The van der Waals surface area contributed by atoms with Gasteiger partial charge < -0.3 is 0 Å². The molecule has 0 amide bonds. The molecular formula is C9H7FN2O. The van der Waals surface area contributed by atoms with Crippen LogP contribution in [0, 0.1) is 5.82 Å². The van der Waals surface area contributed by atoms with E-state index in [1.54, 1.807) is 6.07 Å². The lowest BCUT2D eigenvalue weighted by Crippen LogP contribution is -1.92. The van der Waals surface area contributed by atoms with Gasteiger partial charge in [-0.2, -0.15) is 5.10 Å². The van der Waals surface area contributed by atoms with Crippen LogP contribution in [0.3, 0.4) is 0 Å². The van der Waals surface area contributed by atoms with Gasteiger partial charge in [0.1, 0.15) is 11.5 Å². The monoisotopic (exact) mass is 178 g/mol. The van der Waals surface area contributed by atoms with Gasteiger partial charge in [-0.05, 0) is 18.2 Å². The molecule has 66 valence electrons. The number of nitrogens with zero attached hydrogens (tertiary/aromatic N) is 1. The summed E-state index contributed by atoms with van der Waals surface area (Å²) >= 11 is 0. The maximum absolute atomic E-state index is 12.7. The Balaban J connectivity index is 2.76. The molecule has 2 aromatic rings. The number of aromatic nitrogens is 2. The van der Waals surface area contributed by atoms with E-state index in [9.17, 15) is 9.18 Å². The number of nitrogens with one attached hydrogen (secondary N) is 1. The third kappa shape index (κ3) is 1.20. The Bertz CT molecular complexity index is 475. The molecule has 1 aromatic carbocycles. The van der Waals surface area contributed by atoms with E-state index in [1.165, 1.54) is 19.1 Å². The molecule has 3 nitrogen and oxygen atoms in total. The average molecular weight is 178 g/mol. The molecule has 4 heteroatoms. The first-order valence-electron chi connectivity index (χ1n) is 3.83. The van der Waals surface area contributed by atoms with Gasteiger partial charge in [0, 0.05) is 12.3 Å². The topological polar surface area (TPSA) is 45.8 Å². The maximum atomic E-state index is 12.7. The molecular weight excluding hydrogens is 171 g/mol. The smallest absolute Gasteiger partial charge is 0.180 e. The Morgan fingerprint density at radius 2 is 2.31 bits per heavy atom. The normalized spacial score (nSPS) is 10.6. The zero-order chi connectivity index (χ0) is 9.42. The Morgan fingerprint density at radius 3 is 3.00 bits per heavy atom. The van der Waals surface area contributed by atoms with Crippen molar-refractivity contribution >= 4 is 16.7 Å². The van der Waals surface area contributed by atoms with Crippen LogP contribution in [-0.4, -0.2) is 16.0 Å². The second-order valence-corrected chi connectivity index (χ2v) is 2.82. The lowest BCUT2D eigenvalue weighted by molar-refractivity contribution is 0.101. The fraction of sp³-hybridized carbons (Fsp3) is 0.111. The van der Waals surface area contributed by atoms with Crippen LogP contribution >= 0.6 is 0 Å². The lowest BCUT2D eigenvalue weighted by Gasteiger charge is -1.90. The maximum Gasteiger partial charge on any atom is 0.180 e. The minimum absolute atomic E-state index is 0.127. The molecule has 0 spiro atoms. The highest BCUT2D eigenvalue weighted by Crippen LogP contribution is 2.16. The summed E-state index contributed by atoms with van der Waals surface area (Å²) in [4.78, 5) is 11.0. The number of rotatable bonds is 1. The van der Waals surface area contributed by atoms with E-state index in [4.69, 9.17) is 0 Å². The van der Waals surface area contributed by atoms with E-state index < -0.39 is 0 Å². The number of fused-ring (bicyclic) bond motifs is 1. The van der Waals surface area contributed by atoms with Crippen molar-refractivity contribution in [2.75, 3.05) is 0 Å². The van der Waals surface area contributed by atoms with Crippen molar-refractivity contribution in [2.45, 2.75) is 6.92 Å². The molecule has 0 bridgehead atoms. The summed E-state index contributed by atoms with van der Waals surface area (Å²) in [5.74, 6) is -0.468. The number of carbonyl (C=O) groups excluding carboxylic acids is 1. The molecule has 0 atom stereocenters. The number of carbonyl (C=O) groups is 1. The number of ketones is 1. The first-order chi connectivity index (χ1) is 6.18. The largest absolute Gasteiger partial charge is 0.293 e. The molecule has 0 fully saturated rings. The SMILES string of the molecule is CC(=O)c1n[nH]c2cc(F)ccc12. The number of benzene rings is 1. The standard InChI is InChI=1S/C9H7FN2O/c1-5(13)9-7-3-2-6(10)4-8(7)11-12-9/h2-4H,1H3,(H,11,12). The second kappa shape index (κ2) is 2.65. The molecule has 0 unspecified atom stereocenters.